The van der Waals surface area contributed by atoms with Gasteiger partial charge in [-0.3, -0.25) is 9.59 Å². The molecule has 0 radical (unpaired) electrons. The molecule has 0 bridgehead atoms. The summed E-state index contributed by atoms with van der Waals surface area (Å²) in [6.07, 6.45) is 0.708. The maximum Gasteiger partial charge on any atom is 0.248 e. The van der Waals surface area contributed by atoms with Crippen molar-refractivity contribution in [1.82, 2.24) is 0 Å². The fraction of sp³-hybridized carbons (Fsp3) is 0.0667. The van der Waals surface area contributed by atoms with Crippen molar-refractivity contribution in [1.29, 1.82) is 0 Å². The molecular formula is C15H13NO4. The topological polar surface area (TPSA) is 78.6 Å². The monoisotopic (exact) mass is 271 g/mol. The van der Waals surface area contributed by atoms with Crippen LogP contribution in [-0.2, 0) is 0 Å². The normalized spacial score (nSPS) is 9.85. The highest BCUT2D eigenvalue weighted by Gasteiger charge is 2.11. The quantitative estimate of drug-likeness (QED) is 0.847. The van der Waals surface area contributed by atoms with Crippen LogP contribution in [0.3, 0.4) is 0 Å². The van der Waals surface area contributed by atoms with E-state index >= 15 is 0 Å². The zero-order chi connectivity index (χ0) is 14.5. The van der Waals surface area contributed by atoms with Crippen molar-refractivity contribution in [2.24, 2.45) is 5.73 Å². The van der Waals surface area contributed by atoms with E-state index < -0.39 is 5.91 Å². The molecule has 2 rings (SSSR count). The number of hydrogen-bond donors (Lipinski definition) is 1. The summed E-state index contributed by atoms with van der Waals surface area (Å²) in [4.78, 5) is 22.1. The number of aldehydes is 1. The summed E-state index contributed by atoms with van der Waals surface area (Å²) in [6, 6.07) is 11.4. The predicted octanol–water partition coefficient (Wildman–Crippen LogP) is 2.40. The van der Waals surface area contributed by atoms with Crippen molar-refractivity contribution >= 4 is 12.2 Å². The summed E-state index contributed by atoms with van der Waals surface area (Å²) in [6.45, 7) is 0. The Balaban J connectivity index is 2.38. The number of ether oxygens (including phenoxy) is 2. The van der Waals surface area contributed by atoms with Crippen LogP contribution in [-0.4, -0.2) is 19.3 Å². The lowest BCUT2D eigenvalue weighted by molar-refractivity contribution is 0.0999. The molecule has 1 amide bonds. The Kier molecular flexibility index (Phi) is 4.00. The molecule has 0 saturated heterocycles. The number of primary amides is 1. The highest BCUT2D eigenvalue weighted by atomic mass is 16.5. The van der Waals surface area contributed by atoms with Gasteiger partial charge >= 0.3 is 0 Å². The maximum absolute atomic E-state index is 11.1. The van der Waals surface area contributed by atoms with Crippen LogP contribution in [0.1, 0.15) is 20.7 Å². The van der Waals surface area contributed by atoms with Gasteiger partial charge in [0, 0.05) is 5.56 Å². The van der Waals surface area contributed by atoms with Gasteiger partial charge in [-0.15, -0.1) is 0 Å². The van der Waals surface area contributed by atoms with Crippen LogP contribution >= 0.6 is 0 Å². The fourth-order valence-electron chi connectivity index (χ4n) is 1.69. The smallest absolute Gasteiger partial charge is 0.248 e. The molecule has 0 saturated carbocycles. The molecule has 0 spiro atoms. The fourth-order valence-corrected chi connectivity index (χ4v) is 1.69. The number of nitrogens with two attached hydrogens (primary N) is 1. The lowest BCUT2D eigenvalue weighted by Crippen LogP contribution is -2.10. The number of para-hydroxylation sites is 1. The Morgan fingerprint density at radius 2 is 1.85 bits per heavy atom. The molecule has 5 heteroatoms. The molecule has 102 valence electrons. The van der Waals surface area contributed by atoms with Gasteiger partial charge in [-0.05, 0) is 30.3 Å². The summed E-state index contributed by atoms with van der Waals surface area (Å²) < 4.78 is 10.8. The minimum Gasteiger partial charge on any atom is -0.493 e. The molecule has 0 heterocycles. The Hall–Kier alpha value is -2.82. The molecule has 2 N–H and O–H groups in total. The highest BCUT2D eigenvalue weighted by molar-refractivity contribution is 5.93. The average Bonchev–Trinajstić information content (AvgIpc) is 2.48. The van der Waals surface area contributed by atoms with E-state index in [9.17, 15) is 9.59 Å². The molecule has 5 nitrogen and oxygen atoms in total. The minimum absolute atomic E-state index is 0.317. The summed E-state index contributed by atoms with van der Waals surface area (Å²) in [5, 5.41) is 0. The van der Waals surface area contributed by atoms with E-state index in [4.69, 9.17) is 15.2 Å². The zero-order valence-electron chi connectivity index (χ0n) is 10.8. The third kappa shape index (κ3) is 2.77. The van der Waals surface area contributed by atoms with Crippen LogP contribution < -0.4 is 15.2 Å². The van der Waals surface area contributed by atoms with Crippen LogP contribution in [0.2, 0.25) is 0 Å². The van der Waals surface area contributed by atoms with E-state index in [1.165, 1.54) is 19.2 Å². The third-order valence-electron chi connectivity index (χ3n) is 2.71. The standard InChI is InChI=1S/C15H13NO4/c1-19-14-8-10(15(16)18)6-7-13(14)20-12-5-3-2-4-11(12)9-17/h2-9H,1H3,(H2,16,18). The van der Waals surface area contributed by atoms with E-state index in [2.05, 4.69) is 0 Å². The summed E-state index contributed by atoms with van der Waals surface area (Å²) in [5.41, 5.74) is 5.95. The van der Waals surface area contributed by atoms with Gasteiger partial charge in [0.15, 0.2) is 17.8 Å². The van der Waals surface area contributed by atoms with Crippen molar-refractivity contribution in [3.05, 3.63) is 53.6 Å². The zero-order valence-corrected chi connectivity index (χ0v) is 10.8. The van der Waals surface area contributed by atoms with E-state index in [0.717, 1.165) is 0 Å². The van der Waals surface area contributed by atoms with E-state index in [1.807, 2.05) is 0 Å². The second-order valence-electron chi connectivity index (χ2n) is 3.99. The molecule has 2 aromatic carbocycles. The van der Waals surface area contributed by atoms with Gasteiger partial charge in [-0.25, -0.2) is 0 Å². The van der Waals surface area contributed by atoms with Crippen LogP contribution in [0.15, 0.2) is 42.5 Å². The largest absolute Gasteiger partial charge is 0.493 e. The van der Waals surface area contributed by atoms with E-state index in [-0.39, 0.29) is 0 Å². The molecule has 0 fully saturated rings. The SMILES string of the molecule is COc1cc(C(N)=O)ccc1Oc1ccccc1C=O. The molecule has 0 aliphatic rings. The van der Waals surface area contributed by atoms with Crippen molar-refractivity contribution < 1.29 is 19.1 Å². The van der Waals surface area contributed by atoms with Crippen molar-refractivity contribution in [3.8, 4) is 17.2 Å². The number of methoxy groups -OCH3 is 1. The second kappa shape index (κ2) is 5.88. The lowest BCUT2D eigenvalue weighted by Gasteiger charge is -2.12. The van der Waals surface area contributed by atoms with Crippen LogP contribution in [0.5, 0.6) is 17.2 Å². The van der Waals surface area contributed by atoms with Gasteiger partial charge in [-0.1, -0.05) is 12.1 Å². The molecule has 20 heavy (non-hydrogen) atoms. The Bertz CT molecular complexity index is 652. The van der Waals surface area contributed by atoms with E-state index in [1.54, 1.807) is 30.3 Å². The second-order valence-corrected chi connectivity index (χ2v) is 3.99. The Morgan fingerprint density at radius 3 is 2.50 bits per heavy atom. The first-order chi connectivity index (χ1) is 9.65. The van der Waals surface area contributed by atoms with Gasteiger partial charge in [0.2, 0.25) is 5.91 Å². The lowest BCUT2D eigenvalue weighted by atomic mass is 10.2. The van der Waals surface area contributed by atoms with Crippen LogP contribution in [0.4, 0.5) is 0 Å². The van der Waals surface area contributed by atoms with Gasteiger partial charge in [-0.2, -0.15) is 0 Å². The van der Waals surface area contributed by atoms with E-state index in [0.29, 0.717) is 34.7 Å². The number of benzene rings is 2. The first kappa shape index (κ1) is 13.6. The molecule has 0 atom stereocenters. The first-order valence-electron chi connectivity index (χ1n) is 5.85. The number of carbonyl (C=O) groups is 2. The van der Waals surface area contributed by atoms with Gasteiger partial charge in [0.05, 0.1) is 12.7 Å². The number of amides is 1. The van der Waals surface area contributed by atoms with Crippen molar-refractivity contribution in [3.63, 3.8) is 0 Å². The molecular weight excluding hydrogens is 258 g/mol. The Labute approximate surface area is 115 Å². The average molecular weight is 271 g/mol. The molecule has 0 unspecified atom stereocenters. The molecule has 0 aliphatic carbocycles. The number of hydrogen-bond acceptors (Lipinski definition) is 4. The summed E-state index contributed by atoms with van der Waals surface area (Å²) in [5.74, 6) is 0.615. The number of carbonyl (C=O) groups excluding carboxylic acids is 2. The summed E-state index contributed by atoms with van der Waals surface area (Å²) in [7, 11) is 1.46. The van der Waals surface area contributed by atoms with Crippen LogP contribution in [0, 0.1) is 0 Å². The molecule has 2 aromatic rings. The maximum atomic E-state index is 11.1. The highest BCUT2D eigenvalue weighted by Crippen LogP contribution is 2.33. The predicted molar refractivity (Wildman–Crippen MR) is 73.4 cm³/mol. The number of rotatable bonds is 5. The molecule has 0 aliphatic heterocycles. The van der Waals surface area contributed by atoms with Crippen LogP contribution in [0.25, 0.3) is 0 Å². The van der Waals surface area contributed by atoms with Gasteiger partial charge in [0.25, 0.3) is 0 Å². The summed E-state index contributed by atoms with van der Waals surface area (Å²) >= 11 is 0. The van der Waals surface area contributed by atoms with Crippen molar-refractivity contribution in [2.45, 2.75) is 0 Å². The first-order valence-corrected chi connectivity index (χ1v) is 5.85. The Morgan fingerprint density at radius 1 is 1.10 bits per heavy atom. The van der Waals surface area contributed by atoms with Gasteiger partial charge in [0.1, 0.15) is 5.75 Å². The minimum atomic E-state index is -0.553. The molecule has 0 aromatic heterocycles. The van der Waals surface area contributed by atoms with Crippen molar-refractivity contribution in [2.75, 3.05) is 7.11 Å². The third-order valence-corrected chi connectivity index (χ3v) is 2.71. The van der Waals surface area contributed by atoms with Gasteiger partial charge < -0.3 is 15.2 Å².